The lowest BCUT2D eigenvalue weighted by molar-refractivity contribution is -0.135. The van der Waals surface area contributed by atoms with Gasteiger partial charge in [-0.1, -0.05) is 31.0 Å². The third-order valence-corrected chi connectivity index (χ3v) is 5.96. The van der Waals surface area contributed by atoms with Crippen LogP contribution >= 0.6 is 11.8 Å². The molecule has 2 aliphatic heterocycles. The largest absolute Gasteiger partial charge is 0.503 e. The molecule has 0 spiro atoms. The average Bonchev–Trinajstić information content (AvgIpc) is 3.13. The molecule has 126 valence electrons. The number of nitrogens with zero attached hydrogens (tertiary/aromatic N) is 3. The lowest BCUT2D eigenvalue weighted by Gasteiger charge is -2.34. The highest BCUT2D eigenvalue weighted by Crippen LogP contribution is 2.46. The van der Waals surface area contributed by atoms with Gasteiger partial charge in [-0.25, -0.2) is 9.80 Å². The number of carbonyl (C=O) groups excluding carboxylic acids is 1. The van der Waals surface area contributed by atoms with E-state index in [9.17, 15) is 4.79 Å². The van der Waals surface area contributed by atoms with Gasteiger partial charge in [-0.05, 0) is 19.8 Å². The first-order valence-corrected chi connectivity index (χ1v) is 8.85. The monoisotopic (exact) mass is 337 g/mol. The van der Waals surface area contributed by atoms with Crippen molar-refractivity contribution in [2.24, 2.45) is 5.10 Å². The highest BCUT2D eigenvalue weighted by molar-refractivity contribution is 8.04. The second kappa shape index (κ2) is 6.86. The highest BCUT2D eigenvalue weighted by atomic mass is 32.2. The summed E-state index contributed by atoms with van der Waals surface area (Å²) in [6.45, 7) is 1.98. The Balaban J connectivity index is 1.81. The van der Waals surface area contributed by atoms with Gasteiger partial charge in [-0.2, -0.15) is 5.10 Å². The van der Waals surface area contributed by atoms with Crippen molar-refractivity contribution in [2.75, 3.05) is 14.2 Å². The van der Waals surface area contributed by atoms with E-state index in [-0.39, 0.29) is 11.5 Å². The van der Waals surface area contributed by atoms with Gasteiger partial charge in [0.2, 0.25) is 0 Å². The first kappa shape index (κ1) is 16.2. The molecule has 23 heavy (non-hydrogen) atoms. The van der Waals surface area contributed by atoms with Gasteiger partial charge < -0.3 is 14.4 Å². The predicted octanol–water partition coefficient (Wildman–Crippen LogP) is 2.85. The SMILES string of the molecule is COC=C(C(=O)OC)C1=C(C)N2N=CN(C3CCCCC3)C2S1. The van der Waals surface area contributed by atoms with Crippen LogP contribution in [0.4, 0.5) is 0 Å². The second-order valence-electron chi connectivity index (χ2n) is 5.93. The Bertz CT molecular complexity index is 567. The number of rotatable bonds is 4. The van der Waals surface area contributed by atoms with E-state index in [4.69, 9.17) is 9.47 Å². The number of thioether (sulfide) groups is 1. The van der Waals surface area contributed by atoms with Crippen molar-refractivity contribution in [3.05, 3.63) is 22.4 Å². The fourth-order valence-corrected chi connectivity index (χ4v) is 4.74. The minimum Gasteiger partial charge on any atom is -0.503 e. The van der Waals surface area contributed by atoms with Crippen molar-refractivity contribution in [1.82, 2.24) is 9.91 Å². The lowest BCUT2D eigenvalue weighted by Crippen LogP contribution is -2.42. The minimum absolute atomic E-state index is 0.0954. The molecule has 1 aliphatic carbocycles. The maximum absolute atomic E-state index is 12.0. The quantitative estimate of drug-likeness (QED) is 0.447. The molecule has 1 atom stereocenters. The molecule has 3 rings (SSSR count). The first-order valence-electron chi connectivity index (χ1n) is 7.97. The minimum atomic E-state index is -0.386. The van der Waals surface area contributed by atoms with Gasteiger partial charge in [0.15, 0.2) is 5.50 Å². The van der Waals surface area contributed by atoms with Gasteiger partial charge in [0.25, 0.3) is 0 Å². The molecular formula is C16H23N3O3S. The summed E-state index contributed by atoms with van der Waals surface area (Å²) in [5.41, 5.74) is 1.51. The van der Waals surface area contributed by atoms with Crippen molar-refractivity contribution in [2.45, 2.75) is 50.6 Å². The Labute approximate surface area is 141 Å². The molecule has 2 heterocycles. The van der Waals surface area contributed by atoms with E-state index in [1.54, 1.807) is 11.8 Å². The number of carbonyl (C=O) groups is 1. The second-order valence-corrected chi connectivity index (χ2v) is 7.00. The molecule has 0 bridgehead atoms. The van der Waals surface area contributed by atoms with Gasteiger partial charge >= 0.3 is 5.97 Å². The van der Waals surface area contributed by atoms with Crippen molar-refractivity contribution < 1.29 is 14.3 Å². The van der Waals surface area contributed by atoms with E-state index in [0.717, 1.165) is 10.6 Å². The van der Waals surface area contributed by atoms with Gasteiger partial charge in [0, 0.05) is 10.9 Å². The first-order chi connectivity index (χ1) is 11.2. The molecule has 0 aromatic rings. The Kier molecular flexibility index (Phi) is 4.84. The van der Waals surface area contributed by atoms with E-state index < -0.39 is 0 Å². The van der Waals surface area contributed by atoms with Crippen LogP contribution in [0.25, 0.3) is 0 Å². The Morgan fingerprint density at radius 1 is 1.35 bits per heavy atom. The number of ether oxygens (including phenoxy) is 2. The summed E-state index contributed by atoms with van der Waals surface area (Å²) in [4.78, 5) is 15.3. The summed E-state index contributed by atoms with van der Waals surface area (Å²) >= 11 is 1.64. The normalized spacial score (nSPS) is 25.2. The number of hydrogen-bond acceptors (Lipinski definition) is 7. The van der Waals surface area contributed by atoms with Crippen LogP contribution < -0.4 is 0 Å². The molecule has 1 saturated carbocycles. The molecule has 0 saturated heterocycles. The van der Waals surface area contributed by atoms with Crippen molar-refractivity contribution in [3.63, 3.8) is 0 Å². The Morgan fingerprint density at radius 2 is 2.09 bits per heavy atom. The number of fused-ring (bicyclic) bond motifs is 1. The summed E-state index contributed by atoms with van der Waals surface area (Å²) in [6, 6.07) is 0.537. The molecule has 3 aliphatic rings. The zero-order chi connectivity index (χ0) is 16.4. The number of allylic oxidation sites excluding steroid dienone is 1. The summed E-state index contributed by atoms with van der Waals surface area (Å²) in [5, 5.41) is 6.54. The van der Waals surface area contributed by atoms with Crippen molar-refractivity contribution in [3.8, 4) is 0 Å². The maximum Gasteiger partial charge on any atom is 0.342 e. The summed E-state index contributed by atoms with van der Waals surface area (Å²) in [6.07, 6.45) is 9.71. The Morgan fingerprint density at radius 3 is 2.74 bits per heavy atom. The molecule has 1 unspecified atom stereocenters. The summed E-state index contributed by atoms with van der Waals surface area (Å²) < 4.78 is 9.96. The van der Waals surface area contributed by atoms with E-state index in [0.29, 0.717) is 11.6 Å². The molecule has 0 N–H and O–H groups in total. The van der Waals surface area contributed by atoms with Crippen LogP contribution in [-0.4, -0.2) is 48.0 Å². The van der Waals surface area contributed by atoms with Crippen molar-refractivity contribution in [1.29, 1.82) is 0 Å². The number of esters is 1. The van der Waals surface area contributed by atoms with E-state index in [1.807, 2.05) is 18.3 Å². The molecular weight excluding hydrogens is 314 g/mol. The molecule has 6 nitrogen and oxygen atoms in total. The average molecular weight is 337 g/mol. The lowest BCUT2D eigenvalue weighted by atomic mass is 9.95. The highest BCUT2D eigenvalue weighted by Gasteiger charge is 2.42. The summed E-state index contributed by atoms with van der Waals surface area (Å²) in [7, 11) is 2.92. The summed E-state index contributed by atoms with van der Waals surface area (Å²) in [5.74, 6) is -0.386. The fourth-order valence-electron chi connectivity index (χ4n) is 3.35. The van der Waals surface area contributed by atoms with Gasteiger partial charge in [-0.15, -0.1) is 0 Å². The molecule has 1 fully saturated rings. The zero-order valence-electron chi connectivity index (χ0n) is 13.8. The van der Waals surface area contributed by atoms with E-state index in [2.05, 4.69) is 10.0 Å². The van der Waals surface area contributed by atoms with Crippen LogP contribution in [0.3, 0.4) is 0 Å². The molecule has 0 radical (unpaired) electrons. The van der Waals surface area contributed by atoms with Gasteiger partial charge in [-0.3, -0.25) is 0 Å². The van der Waals surface area contributed by atoms with Crippen LogP contribution in [-0.2, 0) is 14.3 Å². The molecule has 7 heteroatoms. The topological polar surface area (TPSA) is 54.4 Å². The number of hydrazone groups is 1. The van der Waals surface area contributed by atoms with Crippen LogP contribution in [0.15, 0.2) is 27.5 Å². The molecule has 0 aromatic carbocycles. The van der Waals surface area contributed by atoms with E-state index in [1.165, 1.54) is 52.6 Å². The smallest absolute Gasteiger partial charge is 0.342 e. The van der Waals surface area contributed by atoms with E-state index >= 15 is 0 Å². The third-order valence-electron chi connectivity index (χ3n) is 4.55. The Hall–Kier alpha value is -1.63. The van der Waals surface area contributed by atoms with Crippen molar-refractivity contribution >= 4 is 24.1 Å². The number of hydrogen-bond donors (Lipinski definition) is 0. The van der Waals surface area contributed by atoms with Crippen LogP contribution in [0.1, 0.15) is 39.0 Å². The number of methoxy groups -OCH3 is 2. The van der Waals surface area contributed by atoms with Crippen LogP contribution in [0, 0.1) is 0 Å². The molecule has 0 aromatic heterocycles. The van der Waals surface area contributed by atoms with Crippen LogP contribution in [0.2, 0.25) is 0 Å². The zero-order valence-corrected chi connectivity index (χ0v) is 14.6. The standard InChI is InChI=1S/C16H23N3O3S/c1-11-14(13(9-21-2)15(20)22-3)23-16-18(10-17-19(11)16)12-7-5-4-6-8-12/h9-10,12,16H,4-8H2,1-3H3. The van der Waals surface area contributed by atoms with Crippen LogP contribution in [0.5, 0.6) is 0 Å². The third kappa shape index (κ3) is 2.94. The van der Waals surface area contributed by atoms with Gasteiger partial charge in [0.1, 0.15) is 11.9 Å². The fraction of sp³-hybridized carbons (Fsp3) is 0.625. The predicted molar refractivity (Wildman–Crippen MR) is 90.2 cm³/mol. The molecule has 0 amide bonds. The van der Waals surface area contributed by atoms with Gasteiger partial charge in [0.05, 0.1) is 26.2 Å². The maximum atomic E-state index is 12.0.